The van der Waals surface area contributed by atoms with Crippen molar-refractivity contribution in [2.45, 2.75) is 114 Å². The Morgan fingerprint density at radius 2 is 1.53 bits per heavy atom. The van der Waals surface area contributed by atoms with Gasteiger partial charge in [-0.05, 0) is 58.4 Å². The molecule has 0 radical (unpaired) electrons. The lowest BCUT2D eigenvalue weighted by molar-refractivity contribution is -0.141. The van der Waals surface area contributed by atoms with E-state index >= 15 is 4.39 Å². The Balaban J connectivity index is 1.44. The molecule has 3 fully saturated rings. The summed E-state index contributed by atoms with van der Waals surface area (Å²) in [4.78, 5) is 25.2. The van der Waals surface area contributed by atoms with Crippen LogP contribution in [-0.4, -0.2) is 74.2 Å². The van der Waals surface area contributed by atoms with Crippen molar-refractivity contribution in [3.05, 3.63) is 25.3 Å². The van der Waals surface area contributed by atoms with Crippen molar-refractivity contribution < 1.29 is 28.2 Å². The lowest BCUT2D eigenvalue weighted by Crippen LogP contribution is -2.42. The molecule has 0 aromatic carbocycles. The summed E-state index contributed by atoms with van der Waals surface area (Å²) in [7, 11) is 1.85. The molecule has 1 aliphatic heterocycles. The minimum absolute atomic E-state index is 0.0625. The van der Waals surface area contributed by atoms with Gasteiger partial charge in [0.05, 0.1) is 24.1 Å². The van der Waals surface area contributed by atoms with E-state index in [1.165, 1.54) is 25.7 Å². The van der Waals surface area contributed by atoms with Gasteiger partial charge < -0.3 is 14.2 Å². The van der Waals surface area contributed by atoms with E-state index in [-0.39, 0.29) is 37.1 Å². The maximum Gasteiger partial charge on any atom is 0.330 e. The van der Waals surface area contributed by atoms with E-state index in [1.54, 1.807) is 0 Å². The largest absolute Gasteiger partial charge is 0.461 e. The molecule has 8 heteroatoms. The maximum absolute atomic E-state index is 15.2. The van der Waals surface area contributed by atoms with Crippen LogP contribution in [0.1, 0.15) is 84.0 Å². The van der Waals surface area contributed by atoms with E-state index in [1.807, 2.05) is 11.9 Å². The van der Waals surface area contributed by atoms with Crippen LogP contribution in [0.3, 0.4) is 0 Å². The molecule has 6 atom stereocenters. The number of alkyl halides is 1. The van der Waals surface area contributed by atoms with Crippen LogP contribution in [0.4, 0.5) is 4.39 Å². The summed E-state index contributed by atoms with van der Waals surface area (Å²) in [5.74, 6) is 12.3. The second-order valence-electron chi connectivity index (χ2n) is 12.0. The smallest absolute Gasteiger partial charge is 0.330 e. The molecule has 0 aromatic rings. The third-order valence-corrected chi connectivity index (χ3v) is 8.85. The Morgan fingerprint density at radius 1 is 0.884 bits per heavy atom. The van der Waals surface area contributed by atoms with Gasteiger partial charge in [0.1, 0.15) is 25.6 Å². The Labute approximate surface area is 258 Å². The van der Waals surface area contributed by atoms with Gasteiger partial charge in [-0.15, -0.1) is 0 Å². The van der Waals surface area contributed by atoms with E-state index < -0.39 is 24.3 Å². The fourth-order valence-corrected chi connectivity index (χ4v) is 6.06. The molecule has 1 heterocycles. The molecule has 0 spiro atoms. The van der Waals surface area contributed by atoms with Crippen LogP contribution in [-0.2, 0) is 23.8 Å². The zero-order chi connectivity index (χ0) is 31.0. The van der Waals surface area contributed by atoms with Crippen molar-refractivity contribution in [3.8, 4) is 23.7 Å². The summed E-state index contributed by atoms with van der Waals surface area (Å²) >= 11 is 0. The molecule has 0 aromatic heterocycles. The number of ether oxygens (including phenoxy) is 3. The van der Waals surface area contributed by atoms with E-state index in [9.17, 15) is 9.59 Å². The molecular formula is C35H51FN2O5. The standard InChI is InChI=1S/C35H51FN2O5/c1-5-8-9-10-11-22-41-29-19-15-26(16-20-29)12-13-27-14-17-28(30(36)23-27)18-21-33-37-31(24-42-34(39)6-2)32(38(33)4)25-43-35(40)7-3/h6-7,26-33,37H,2-3,5,8-11,14-17,19-20,22-25H2,1,4H3. The zero-order valence-electron chi connectivity index (χ0n) is 26.2. The van der Waals surface area contributed by atoms with Gasteiger partial charge in [-0.25, -0.2) is 14.0 Å². The molecule has 43 heavy (non-hydrogen) atoms. The Bertz CT molecular complexity index is 1030. The van der Waals surface area contributed by atoms with E-state index in [4.69, 9.17) is 14.2 Å². The molecular weight excluding hydrogens is 547 g/mol. The number of esters is 2. The second-order valence-corrected chi connectivity index (χ2v) is 12.0. The number of carbonyl (C=O) groups excluding carboxylic acids is 2. The van der Waals surface area contributed by atoms with E-state index in [0.29, 0.717) is 24.9 Å². The molecule has 1 N–H and O–H groups in total. The molecule has 0 amide bonds. The average Bonchev–Trinajstić information content (AvgIpc) is 3.32. The topological polar surface area (TPSA) is 77.1 Å². The van der Waals surface area contributed by atoms with Gasteiger partial charge in [0.15, 0.2) is 0 Å². The number of halogens is 1. The normalized spacial score (nSPS) is 30.7. The van der Waals surface area contributed by atoms with Crippen LogP contribution in [0, 0.1) is 41.4 Å². The molecule has 0 bridgehead atoms. The molecule has 2 aliphatic carbocycles. The van der Waals surface area contributed by atoms with Crippen molar-refractivity contribution in [2.24, 2.45) is 17.8 Å². The zero-order valence-corrected chi connectivity index (χ0v) is 26.2. The summed E-state index contributed by atoms with van der Waals surface area (Å²) in [6.07, 6.45) is 13.7. The maximum atomic E-state index is 15.2. The SMILES string of the molecule is C=CC(=O)OCC1NC(C#CC2CCC(C#CC3CCC(OCCCCCCC)CC3)CC2F)N(C)C1COC(=O)C=C. The van der Waals surface area contributed by atoms with Crippen LogP contribution in [0.2, 0.25) is 0 Å². The number of hydrogen-bond acceptors (Lipinski definition) is 7. The number of nitrogens with one attached hydrogen (secondary N) is 1. The lowest BCUT2D eigenvalue weighted by atomic mass is 9.80. The number of rotatable bonds is 13. The molecule has 2 saturated carbocycles. The molecule has 3 aliphatic rings. The predicted molar refractivity (Wildman–Crippen MR) is 166 cm³/mol. The number of nitrogens with zero attached hydrogens (tertiary/aromatic N) is 1. The fourth-order valence-electron chi connectivity index (χ4n) is 6.06. The first kappa shape index (κ1) is 34.8. The third kappa shape index (κ3) is 11.8. The van der Waals surface area contributed by atoms with Crippen molar-refractivity contribution in [1.82, 2.24) is 10.2 Å². The van der Waals surface area contributed by atoms with Gasteiger partial charge in [0.2, 0.25) is 0 Å². The average molecular weight is 599 g/mol. The van der Waals surface area contributed by atoms with E-state index in [2.05, 4.69) is 49.1 Å². The number of carbonyl (C=O) groups is 2. The van der Waals surface area contributed by atoms with Gasteiger partial charge in [-0.1, -0.05) is 69.4 Å². The van der Waals surface area contributed by atoms with Crippen molar-refractivity contribution in [2.75, 3.05) is 26.9 Å². The number of unbranched alkanes of at least 4 members (excludes halogenated alkanes) is 4. The highest BCUT2D eigenvalue weighted by molar-refractivity contribution is 5.81. The summed E-state index contributed by atoms with van der Waals surface area (Å²) in [6, 6.07) is -0.611. The van der Waals surface area contributed by atoms with E-state index in [0.717, 1.165) is 57.3 Å². The predicted octanol–water partition coefficient (Wildman–Crippen LogP) is 5.35. The highest BCUT2D eigenvalue weighted by atomic mass is 19.1. The van der Waals surface area contributed by atoms with Crippen LogP contribution < -0.4 is 5.32 Å². The molecule has 7 nitrogen and oxygen atoms in total. The van der Waals surface area contributed by atoms with Gasteiger partial charge in [-0.3, -0.25) is 10.2 Å². The van der Waals surface area contributed by atoms with Crippen LogP contribution in [0.25, 0.3) is 0 Å². The monoisotopic (exact) mass is 598 g/mol. The highest BCUT2D eigenvalue weighted by Crippen LogP contribution is 2.32. The number of hydrogen-bond donors (Lipinski definition) is 1. The number of likely N-dealkylation sites (N-methyl/N-ethyl adjacent to an activating group) is 1. The van der Waals surface area contributed by atoms with Crippen molar-refractivity contribution in [3.63, 3.8) is 0 Å². The van der Waals surface area contributed by atoms with Crippen molar-refractivity contribution in [1.29, 1.82) is 0 Å². The minimum atomic E-state index is -1.03. The van der Waals surface area contributed by atoms with Gasteiger partial charge in [-0.2, -0.15) is 0 Å². The van der Waals surface area contributed by atoms with Crippen LogP contribution >= 0.6 is 0 Å². The van der Waals surface area contributed by atoms with Gasteiger partial charge in [0.25, 0.3) is 0 Å². The van der Waals surface area contributed by atoms with Gasteiger partial charge in [0, 0.05) is 30.6 Å². The third-order valence-electron chi connectivity index (χ3n) is 8.85. The quantitative estimate of drug-likeness (QED) is 0.133. The Kier molecular flexibility index (Phi) is 15.3. The van der Waals surface area contributed by atoms with Crippen LogP contribution in [0.5, 0.6) is 0 Å². The molecule has 1 saturated heterocycles. The fraction of sp³-hybridized carbons (Fsp3) is 0.714. The molecule has 6 unspecified atom stereocenters. The second kappa shape index (κ2) is 18.9. The van der Waals surface area contributed by atoms with Crippen LogP contribution in [0.15, 0.2) is 25.3 Å². The summed E-state index contributed by atoms with van der Waals surface area (Å²) in [5, 5.41) is 3.33. The first-order valence-corrected chi connectivity index (χ1v) is 16.2. The lowest BCUT2D eigenvalue weighted by Gasteiger charge is -2.27. The summed E-state index contributed by atoms with van der Waals surface area (Å²) in [6.45, 7) is 10.1. The first-order chi connectivity index (χ1) is 20.8. The van der Waals surface area contributed by atoms with Gasteiger partial charge >= 0.3 is 11.9 Å². The highest BCUT2D eigenvalue weighted by Gasteiger charge is 2.39. The Morgan fingerprint density at radius 3 is 2.21 bits per heavy atom. The Hall–Kier alpha value is -2.65. The molecule has 3 rings (SSSR count). The summed E-state index contributed by atoms with van der Waals surface area (Å²) in [5.41, 5.74) is 0. The van der Waals surface area contributed by atoms with Crippen molar-refractivity contribution >= 4 is 11.9 Å². The minimum Gasteiger partial charge on any atom is -0.461 e. The summed E-state index contributed by atoms with van der Waals surface area (Å²) < 4.78 is 31.8. The first-order valence-electron chi connectivity index (χ1n) is 16.2. The molecule has 238 valence electrons.